The first-order chi connectivity index (χ1) is 3.72. The molecule has 0 aliphatic heterocycles. The summed E-state index contributed by atoms with van der Waals surface area (Å²) in [6.07, 6.45) is 1.74. The summed E-state index contributed by atoms with van der Waals surface area (Å²) in [7, 11) is 0. The highest BCUT2D eigenvalue weighted by molar-refractivity contribution is 6.15. The van der Waals surface area contributed by atoms with Crippen LogP contribution in [-0.2, 0) is 0 Å². The average molecular weight is 131 g/mol. The molecule has 1 aromatic heterocycles. The molecule has 0 atom stereocenters. The van der Waals surface area contributed by atoms with Crippen molar-refractivity contribution in [3.8, 4) is 0 Å². The van der Waals surface area contributed by atoms with Crippen LogP contribution in [0.3, 0.4) is 0 Å². The zero-order valence-electron chi connectivity index (χ0n) is 4.85. The molecule has 8 heavy (non-hydrogen) atoms. The van der Waals surface area contributed by atoms with E-state index in [-0.39, 0.29) is 0 Å². The minimum atomic E-state index is 1.01. The van der Waals surface area contributed by atoms with Gasteiger partial charge in [0.1, 0.15) is 0 Å². The zero-order chi connectivity index (χ0) is 6.15. The number of aryl methyl sites for hydroxylation is 1. The second kappa shape index (κ2) is 1.78. The normalized spacial score (nSPS) is 9.88. The maximum atomic E-state index is 5.54. The van der Waals surface area contributed by atoms with Crippen LogP contribution in [0.5, 0.6) is 0 Å². The average Bonchev–Trinajstić information content (AvgIpc) is 1.98. The number of aromatic nitrogens is 2. The molecule has 0 saturated carbocycles. The quantitative estimate of drug-likeness (QED) is 0.521. The van der Waals surface area contributed by atoms with Crippen molar-refractivity contribution in [1.82, 2.24) is 9.30 Å². The summed E-state index contributed by atoms with van der Waals surface area (Å²) in [4.78, 5) is 0. The number of rotatable bonds is 0. The van der Waals surface area contributed by atoms with Gasteiger partial charge in [-0.05, 0) is 19.4 Å². The Bertz CT molecular complexity index is 173. The Morgan fingerprint density at radius 1 is 1.62 bits per heavy atom. The number of halogens is 1. The number of hydrogen-bond donors (Lipinski definition) is 0. The lowest BCUT2D eigenvalue weighted by Gasteiger charge is -1.87. The summed E-state index contributed by atoms with van der Waals surface area (Å²) in [6.45, 7) is 3.90. The van der Waals surface area contributed by atoms with E-state index in [1.54, 1.807) is 6.20 Å². The Morgan fingerprint density at radius 3 is 2.38 bits per heavy atom. The maximum Gasteiger partial charge on any atom is 0.0571 e. The van der Waals surface area contributed by atoms with Crippen molar-refractivity contribution in [2.75, 3.05) is 0 Å². The standard InChI is InChI=1S/C5H7ClN2/c1-4-3-7-8(6)5(4)2/h3H,1-2H3. The molecule has 0 N–H and O–H groups in total. The van der Waals surface area contributed by atoms with E-state index in [1.807, 2.05) is 13.8 Å². The molecular weight excluding hydrogens is 124 g/mol. The molecule has 0 aromatic carbocycles. The predicted molar refractivity (Wildman–Crippen MR) is 33.0 cm³/mol. The van der Waals surface area contributed by atoms with Crippen LogP contribution in [0.2, 0.25) is 0 Å². The summed E-state index contributed by atoms with van der Waals surface area (Å²) in [5.74, 6) is 0. The molecule has 0 aliphatic rings. The first-order valence-corrected chi connectivity index (χ1v) is 2.73. The van der Waals surface area contributed by atoms with Gasteiger partial charge in [-0.3, -0.25) is 0 Å². The van der Waals surface area contributed by atoms with Crippen LogP contribution >= 0.6 is 11.8 Å². The van der Waals surface area contributed by atoms with E-state index in [4.69, 9.17) is 11.8 Å². The van der Waals surface area contributed by atoms with Crippen molar-refractivity contribution in [2.24, 2.45) is 0 Å². The van der Waals surface area contributed by atoms with Gasteiger partial charge in [-0.25, -0.2) is 0 Å². The van der Waals surface area contributed by atoms with E-state index in [2.05, 4.69) is 5.10 Å². The third kappa shape index (κ3) is 0.713. The first kappa shape index (κ1) is 5.63. The minimum absolute atomic E-state index is 1.01. The molecule has 1 aromatic rings. The third-order valence-corrected chi connectivity index (χ3v) is 1.54. The molecule has 3 heteroatoms. The van der Waals surface area contributed by atoms with Crippen LogP contribution in [0.15, 0.2) is 6.20 Å². The molecular formula is C5H7ClN2. The smallest absolute Gasteiger partial charge is 0.0571 e. The summed E-state index contributed by atoms with van der Waals surface area (Å²) in [5, 5.41) is 3.80. The van der Waals surface area contributed by atoms with Crippen LogP contribution in [0, 0.1) is 13.8 Å². The largest absolute Gasteiger partial charge is 0.177 e. The molecule has 0 bridgehead atoms. The second-order valence-electron chi connectivity index (χ2n) is 1.77. The van der Waals surface area contributed by atoms with E-state index >= 15 is 0 Å². The molecule has 44 valence electrons. The Labute approximate surface area is 53.2 Å². The van der Waals surface area contributed by atoms with Gasteiger partial charge in [-0.15, -0.1) is 0 Å². The fourth-order valence-electron chi connectivity index (χ4n) is 0.463. The fourth-order valence-corrected chi connectivity index (χ4v) is 0.640. The Balaban J connectivity index is 3.19. The second-order valence-corrected chi connectivity index (χ2v) is 2.09. The molecule has 0 unspecified atom stereocenters. The van der Waals surface area contributed by atoms with E-state index in [0.29, 0.717) is 0 Å². The van der Waals surface area contributed by atoms with E-state index in [9.17, 15) is 0 Å². The van der Waals surface area contributed by atoms with Crippen molar-refractivity contribution < 1.29 is 0 Å². The minimum Gasteiger partial charge on any atom is -0.177 e. The van der Waals surface area contributed by atoms with Gasteiger partial charge in [0.25, 0.3) is 0 Å². The van der Waals surface area contributed by atoms with Gasteiger partial charge in [-0.2, -0.15) is 9.30 Å². The van der Waals surface area contributed by atoms with Gasteiger partial charge in [0.2, 0.25) is 0 Å². The molecule has 2 nitrogen and oxygen atoms in total. The van der Waals surface area contributed by atoms with Gasteiger partial charge in [-0.1, -0.05) is 0 Å². The van der Waals surface area contributed by atoms with E-state index < -0.39 is 0 Å². The van der Waals surface area contributed by atoms with Gasteiger partial charge >= 0.3 is 0 Å². The van der Waals surface area contributed by atoms with Crippen molar-refractivity contribution in [1.29, 1.82) is 0 Å². The van der Waals surface area contributed by atoms with Gasteiger partial charge < -0.3 is 0 Å². The molecule has 0 radical (unpaired) electrons. The molecule has 1 heterocycles. The van der Waals surface area contributed by atoms with Crippen molar-refractivity contribution >= 4 is 11.8 Å². The van der Waals surface area contributed by atoms with Crippen LogP contribution in [0.4, 0.5) is 0 Å². The van der Waals surface area contributed by atoms with Crippen LogP contribution < -0.4 is 0 Å². The maximum absolute atomic E-state index is 5.54. The molecule has 0 amide bonds. The van der Waals surface area contributed by atoms with Crippen molar-refractivity contribution in [3.05, 3.63) is 17.5 Å². The lowest BCUT2D eigenvalue weighted by atomic mass is 10.3. The van der Waals surface area contributed by atoms with Crippen molar-refractivity contribution in [2.45, 2.75) is 13.8 Å². The van der Waals surface area contributed by atoms with Crippen LogP contribution in [0.25, 0.3) is 0 Å². The van der Waals surface area contributed by atoms with E-state index in [0.717, 1.165) is 11.3 Å². The summed E-state index contributed by atoms with van der Waals surface area (Å²) in [5.41, 5.74) is 2.13. The number of hydrogen-bond acceptors (Lipinski definition) is 1. The monoisotopic (exact) mass is 130 g/mol. The Hall–Kier alpha value is -0.500. The highest BCUT2D eigenvalue weighted by atomic mass is 35.5. The summed E-state index contributed by atoms with van der Waals surface area (Å²) in [6, 6.07) is 0. The Kier molecular flexibility index (Phi) is 1.26. The van der Waals surface area contributed by atoms with E-state index in [1.165, 1.54) is 4.20 Å². The zero-order valence-corrected chi connectivity index (χ0v) is 5.61. The topological polar surface area (TPSA) is 17.8 Å². The Morgan fingerprint density at radius 2 is 2.25 bits per heavy atom. The lowest BCUT2D eigenvalue weighted by Crippen LogP contribution is -1.84. The molecule has 1 rings (SSSR count). The van der Waals surface area contributed by atoms with Gasteiger partial charge in [0.05, 0.1) is 11.9 Å². The number of nitrogens with zero attached hydrogens (tertiary/aromatic N) is 2. The predicted octanol–water partition coefficient (Wildman–Crippen LogP) is 1.50. The first-order valence-electron chi connectivity index (χ1n) is 2.39. The SMILES string of the molecule is Cc1cnn(Cl)c1C. The molecule has 0 spiro atoms. The van der Waals surface area contributed by atoms with Gasteiger partial charge in [0, 0.05) is 11.8 Å². The fraction of sp³-hybridized carbons (Fsp3) is 0.400. The lowest BCUT2D eigenvalue weighted by molar-refractivity contribution is 0.951. The molecule has 0 aliphatic carbocycles. The summed E-state index contributed by atoms with van der Waals surface area (Å²) >= 11 is 5.54. The van der Waals surface area contributed by atoms with Crippen LogP contribution in [-0.4, -0.2) is 9.30 Å². The highest BCUT2D eigenvalue weighted by Crippen LogP contribution is 2.04. The van der Waals surface area contributed by atoms with Crippen molar-refractivity contribution in [3.63, 3.8) is 0 Å². The third-order valence-electron chi connectivity index (χ3n) is 1.20. The highest BCUT2D eigenvalue weighted by Gasteiger charge is 1.95. The molecule has 0 fully saturated rings. The van der Waals surface area contributed by atoms with Crippen LogP contribution in [0.1, 0.15) is 11.3 Å². The van der Waals surface area contributed by atoms with Gasteiger partial charge in [0.15, 0.2) is 0 Å². The summed E-state index contributed by atoms with van der Waals surface area (Å²) < 4.78 is 1.34. The molecule has 0 saturated heterocycles.